The van der Waals surface area contributed by atoms with Crippen molar-refractivity contribution in [2.24, 2.45) is 29.6 Å². The average Bonchev–Trinajstić information content (AvgIpc) is 2.92. The van der Waals surface area contributed by atoms with Gasteiger partial charge in [-0.3, -0.25) is 0 Å². The predicted octanol–water partition coefficient (Wildman–Crippen LogP) is 5.28. The Morgan fingerprint density at radius 3 is 2.12 bits per heavy atom. The summed E-state index contributed by atoms with van der Waals surface area (Å²) in [5.74, 6) is 5.45. The van der Waals surface area contributed by atoms with Gasteiger partial charge in [0.05, 0.1) is 0 Å². The summed E-state index contributed by atoms with van der Waals surface area (Å²) in [6.45, 7) is 7.17. The smallest absolute Gasteiger partial charge is 0.0357 e. The molecule has 94 valence electrons. The minimum Gasteiger partial charge on any atom is -0.0654 e. The van der Waals surface area contributed by atoms with Crippen molar-refractivity contribution in [3.05, 3.63) is 0 Å². The first kappa shape index (κ1) is 12.5. The van der Waals surface area contributed by atoms with Crippen molar-refractivity contribution >= 4 is 0 Å². The number of rotatable bonds is 7. The third kappa shape index (κ3) is 3.02. The molecule has 0 aliphatic heterocycles. The van der Waals surface area contributed by atoms with Crippen LogP contribution in [0.2, 0.25) is 0 Å². The van der Waals surface area contributed by atoms with E-state index >= 15 is 0 Å². The van der Waals surface area contributed by atoms with Crippen LogP contribution in [0.1, 0.15) is 72.1 Å². The monoisotopic (exact) mass is 222 g/mol. The van der Waals surface area contributed by atoms with E-state index in [4.69, 9.17) is 0 Å². The van der Waals surface area contributed by atoms with Gasteiger partial charge in [0.25, 0.3) is 0 Å². The van der Waals surface area contributed by atoms with Gasteiger partial charge in [0.2, 0.25) is 0 Å². The van der Waals surface area contributed by atoms with E-state index in [1.807, 2.05) is 0 Å². The fourth-order valence-corrected chi connectivity index (χ4v) is 3.93. The molecular weight excluding hydrogens is 192 g/mol. The second-order valence-corrected chi connectivity index (χ2v) is 6.61. The van der Waals surface area contributed by atoms with E-state index in [-0.39, 0.29) is 0 Å². The maximum absolute atomic E-state index is 2.44. The predicted molar refractivity (Wildman–Crippen MR) is 71.4 cm³/mol. The van der Waals surface area contributed by atoms with E-state index in [1.165, 1.54) is 32.1 Å². The second-order valence-electron chi connectivity index (χ2n) is 6.61. The molecule has 0 aromatic rings. The summed E-state index contributed by atoms with van der Waals surface area (Å²) in [7, 11) is 0. The second kappa shape index (κ2) is 5.56. The molecule has 0 heteroatoms. The Kier molecular flexibility index (Phi) is 4.33. The molecule has 0 nitrogen and oxygen atoms in total. The van der Waals surface area contributed by atoms with Gasteiger partial charge in [0, 0.05) is 0 Å². The first-order chi connectivity index (χ1) is 7.74. The van der Waals surface area contributed by atoms with Crippen molar-refractivity contribution in [2.45, 2.75) is 72.1 Å². The molecule has 0 bridgehead atoms. The van der Waals surface area contributed by atoms with Crippen molar-refractivity contribution in [3.8, 4) is 0 Å². The zero-order valence-corrected chi connectivity index (χ0v) is 11.5. The molecule has 0 amide bonds. The van der Waals surface area contributed by atoms with Gasteiger partial charge in [0.1, 0.15) is 0 Å². The molecule has 0 radical (unpaired) electrons. The average molecular weight is 222 g/mol. The lowest BCUT2D eigenvalue weighted by atomic mass is 9.70. The van der Waals surface area contributed by atoms with Crippen LogP contribution in [0, 0.1) is 29.6 Å². The summed E-state index contributed by atoms with van der Waals surface area (Å²) < 4.78 is 0. The standard InChI is InChI=1S/C16H30/c1-4-6-13-10-14(11-13)7-8-15(5-2)16-9-12(16)3/h12-16H,4-11H2,1-3H3. The highest BCUT2D eigenvalue weighted by Gasteiger charge is 2.38. The van der Waals surface area contributed by atoms with Crippen LogP contribution in [0.25, 0.3) is 0 Å². The van der Waals surface area contributed by atoms with E-state index in [1.54, 1.807) is 19.3 Å². The van der Waals surface area contributed by atoms with E-state index in [0.29, 0.717) is 0 Å². The molecule has 2 rings (SSSR count). The van der Waals surface area contributed by atoms with Crippen molar-refractivity contribution in [1.29, 1.82) is 0 Å². The van der Waals surface area contributed by atoms with E-state index < -0.39 is 0 Å². The van der Waals surface area contributed by atoms with Crippen LogP contribution in [0.15, 0.2) is 0 Å². The summed E-state index contributed by atoms with van der Waals surface area (Å²) in [6, 6.07) is 0. The molecular formula is C16H30. The maximum Gasteiger partial charge on any atom is -0.0357 e. The van der Waals surface area contributed by atoms with Gasteiger partial charge in [-0.2, -0.15) is 0 Å². The molecule has 0 aromatic heterocycles. The highest BCUT2D eigenvalue weighted by Crippen LogP contribution is 2.48. The quantitative estimate of drug-likeness (QED) is 0.550. The largest absolute Gasteiger partial charge is 0.0654 e. The normalized spacial score (nSPS) is 39.2. The first-order valence-corrected chi connectivity index (χ1v) is 7.74. The molecule has 16 heavy (non-hydrogen) atoms. The van der Waals surface area contributed by atoms with Crippen LogP contribution in [0.5, 0.6) is 0 Å². The molecule has 0 spiro atoms. The SMILES string of the molecule is CCCC1CC(CCC(CC)C2CC2C)C1. The van der Waals surface area contributed by atoms with Crippen LogP contribution < -0.4 is 0 Å². The summed E-state index contributed by atoms with van der Waals surface area (Å²) in [4.78, 5) is 0. The molecule has 3 unspecified atom stereocenters. The lowest BCUT2D eigenvalue weighted by Crippen LogP contribution is -2.24. The third-order valence-corrected chi connectivity index (χ3v) is 5.28. The maximum atomic E-state index is 2.44. The van der Waals surface area contributed by atoms with Crippen molar-refractivity contribution in [1.82, 2.24) is 0 Å². The lowest BCUT2D eigenvalue weighted by molar-refractivity contribution is 0.157. The Balaban J connectivity index is 1.57. The molecule has 0 N–H and O–H groups in total. The van der Waals surface area contributed by atoms with Crippen molar-refractivity contribution in [3.63, 3.8) is 0 Å². The molecule has 0 saturated heterocycles. The third-order valence-electron chi connectivity index (χ3n) is 5.28. The van der Waals surface area contributed by atoms with Gasteiger partial charge in [-0.25, -0.2) is 0 Å². The summed E-state index contributed by atoms with van der Waals surface area (Å²) in [5, 5.41) is 0. The summed E-state index contributed by atoms with van der Waals surface area (Å²) in [5.41, 5.74) is 0. The molecule has 2 fully saturated rings. The van der Waals surface area contributed by atoms with Gasteiger partial charge in [-0.05, 0) is 55.3 Å². The molecule has 2 saturated carbocycles. The number of hydrogen-bond acceptors (Lipinski definition) is 0. The Hall–Kier alpha value is 0. The highest BCUT2D eigenvalue weighted by molar-refractivity contribution is 4.89. The minimum absolute atomic E-state index is 1.05. The number of hydrogen-bond donors (Lipinski definition) is 0. The van der Waals surface area contributed by atoms with Crippen molar-refractivity contribution in [2.75, 3.05) is 0 Å². The van der Waals surface area contributed by atoms with Gasteiger partial charge < -0.3 is 0 Å². The molecule has 2 aliphatic carbocycles. The Labute approximate surface area is 102 Å². The van der Waals surface area contributed by atoms with Crippen molar-refractivity contribution < 1.29 is 0 Å². The zero-order chi connectivity index (χ0) is 11.5. The molecule has 2 aliphatic rings. The topological polar surface area (TPSA) is 0 Å². The van der Waals surface area contributed by atoms with Crippen LogP contribution in [-0.4, -0.2) is 0 Å². The molecule has 0 heterocycles. The highest BCUT2D eigenvalue weighted by atomic mass is 14.4. The van der Waals surface area contributed by atoms with E-state index in [9.17, 15) is 0 Å². The fraction of sp³-hybridized carbons (Fsp3) is 1.00. The van der Waals surface area contributed by atoms with Crippen LogP contribution in [0.4, 0.5) is 0 Å². The van der Waals surface area contributed by atoms with Gasteiger partial charge >= 0.3 is 0 Å². The van der Waals surface area contributed by atoms with Crippen LogP contribution >= 0.6 is 0 Å². The zero-order valence-electron chi connectivity index (χ0n) is 11.5. The first-order valence-electron chi connectivity index (χ1n) is 7.74. The Bertz CT molecular complexity index is 202. The van der Waals surface area contributed by atoms with Gasteiger partial charge in [-0.1, -0.05) is 46.5 Å². The molecule has 0 aromatic carbocycles. The van der Waals surface area contributed by atoms with Crippen LogP contribution in [-0.2, 0) is 0 Å². The van der Waals surface area contributed by atoms with Gasteiger partial charge in [-0.15, -0.1) is 0 Å². The molecule has 3 atom stereocenters. The lowest BCUT2D eigenvalue weighted by Gasteiger charge is -2.36. The minimum atomic E-state index is 1.05. The summed E-state index contributed by atoms with van der Waals surface area (Å²) in [6.07, 6.45) is 12.1. The fourth-order valence-electron chi connectivity index (χ4n) is 3.93. The summed E-state index contributed by atoms with van der Waals surface area (Å²) >= 11 is 0. The van der Waals surface area contributed by atoms with Crippen LogP contribution in [0.3, 0.4) is 0 Å². The Morgan fingerprint density at radius 1 is 1.00 bits per heavy atom. The van der Waals surface area contributed by atoms with E-state index in [0.717, 1.165) is 29.6 Å². The Morgan fingerprint density at radius 2 is 1.62 bits per heavy atom. The van der Waals surface area contributed by atoms with E-state index in [2.05, 4.69) is 20.8 Å². The van der Waals surface area contributed by atoms with Gasteiger partial charge in [0.15, 0.2) is 0 Å².